The van der Waals surface area contributed by atoms with Crippen molar-refractivity contribution in [3.63, 3.8) is 0 Å². The molecular formula is C11H12FN3S. The van der Waals surface area contributed by atoms with Crippen LogP contribution in [0.25, 0.3) is 10.7 Å². The maximum absolute atomic E-state index is 13.5. The second kappa shape index (κ2) is 4.17. The van der Waals surface area contributed by atoms with Crippen LogP contribution in [-0.4, -0.2) is 17.0 Å². The monoisotopic (exact) mass is 237 g/mol. The average molecular weight is 237 g/mol. The molecular weight excluding hydrogens is 225 g/mol. The molecule has 0 aliphatic rings. The van der Waals surface area contributed by atoms with Gasteiger partial charge >= 0.3 is 0 Å². The number of rotatable bonds is 2. The van der Waals surface area contributed by atoms with Crippen LogP contribution in [0.1, 0.15) is 11.3 Å². The van der Waals surface area contributed by atoms with E-state index in [-0.39, 0.29) is 11.6 Å². The minimum atomic E-state index is -0.388. The molecule has 2 aromatic heterocycles. The van der Waals surface area contributed by atoms with Crippen molar-refractivity contribution in [2.24, 2.45) is 0 Å². The molecule has 5 heteroatoms. The number of thiophene rings is 1. The Morgan fingerprint density at radius 2 is 2.06 bits per heavy atom. The summed E-state index contributed by atoms with van der Waals surface area (Å²) in [4.78, 5) is 9.32. The first-order valence-electron chi connectivity index (χ1n) is 4.90. The van der Waals surface area contributed by atoms with Crippen LogP contribution in [0.15, 0.2) is 11.4 Å². The first-order valence-corrected chi connectivity index (χ1v) is 5.77. The average Bonchev–Trinajstić information content (AvgIpc) is 2.68. The second-order valence-electron chi connectivity index (χ2n) is 3.48. The number of hydrogen-bond donors (Lipinski definition) is 1. The van der Waals surface area contributed by atoms with E-state index in [0.717, 1.165) is 10.4 Å². The largest absolute Gasteiger partial charge is 0.371 e. The number of nitrogens with zero attached hydrogens (tertiary/aromatic N) is 2. The van der Waals surface area contributed by atoms with Gasteiger partial charge in [0.05, 0.1) is 10.6 Å². The molecule has 0 unspecified atom stereocenters. The number of anilines is 1. The summed E-state index contributed by atoms with van der Waals surface area (Å²) in [5.74, 6) is 0.437. The standard InChI is InChI=1S/C11H12FN3S/c1-6-4-5-16-9(6)11-14-7(2)8(12)10(13-3)15-11/h4-5H,1-3H3,(H,13,14,15). The fraction of sp³-hybridized carbons (Fsp3) is 0.273. The molecule has 0 spiro atoms. The number of hydrogen-bond acceptors (Lipinski definition) is 4. The predicted molar refractivity (Wildman–Crippen MR) is 64.3 cm³/mol. The van der Waals surface area contributed by atoms with E-state index < -0.39 is 0 Å². The highest BCUT2D eigenvalue weighted by Crippen LogP contribution is 2.28. The zero-order valence-corrected chi connectivity index (χ0v) is 10.2. The highest BCUT2D eigenvalue weighted by atomic mass is 32.1. The molecule has 84 valence electrons. The minimum absolute atomic E-state index is 0.246. The molecule has 2 aromatic rings. The van der Waals surface area contributed by atoms with Gasteiger partial charge in [-0.3, -0.25) is 0 Å². The molecule has 3 nitrogen and oxygen atoms in total. The number of halogens is 1. The van der Waals surface area contributed by atoms with Gasteiger partial charge in [0.25, 0.3) is 0 Å². The SMILES string of the molecule is CNc1nc(-c2sccc2C)nc(C)c1F. The van der Waals surface area contributed by atoms with Crippen molar-refractivity contribution in [2.45, 2.75) is 13.8 Å². The predicted octanol–water partition coefficient (Wildman–Crippen LogP) is 3.00. The molecule has 0 radical (unpaired) electrons. The normalized spacial score (nSPS) is 10.5. The van der Waals surface area contributed by atoms with Crippen molar-refractivity contribution >= 4 is 17.2 Å². The van der Waals surface area contributed by atoms with Gasteiger partial charge in [0, 0.05) is 7.05 Å². The van der Waals surface area contributed by atoms with E-state index in [0.29, 0.717) is 11.5 Å². The van der Waals surface area contributed by atoms with E-state index in [9.17, 15) is 4.39 Å². The molecule has 0 amide bonds. The number of aryl methyl sites for hydroxylation is 2. The van der Waals surface area contributed by atoms with E-state index in [1.165, 1.54) is 0 Å². The van der Waals surface area contributed by atoms with Crippen LogP contribution in [-0.2, 0) is 0 Å². The topological polar surface area (TPSA) is 37.8 Å². The second-order valence-corrected chi connectivity index (χ2v) is 4.39. The summed E-state index contributed by atoms with van der Waals surface area (Å²) in [5, 5.41) is 4.71. The van der Waals surface area contributed by atoms with Crippen LogP contribution in [0.5, 0.6) is 0 Å². The molecule has 1 N–H and O–H groups in total. The Balaban J connectivity index is 2.59. The molecule has 0 aromatic carbocycles. The van der Waals surface area contributed by atoms with Crippen molar-refractivity contribution < 1.29 is 4.39 Å². The Labute approximate surface area is 97.4 Å². The fourth-order valence-electron chi connectivity index (χ4n) is 1.43. The quantitative estimate of drug-likeness (QED) is 0.872. The lowest BCUT2D eigenvalue weighted by molar-refractivity contribution is 0.607. The Kier molecular flexibility index (Phi) is 2.87. The molecule has 0 saturated carbocycles. The van der Waals surface area contributed by atoms with Crippen LogP contribution in [0.2, 0.25) is 0 Å². The highest BCUT2D eigenvalue weighted by molar-refractivity contribution is 7.13. The van der Waals surface area contributed by atoms with E-state index >= 15 is 0 Å². The minimum Gasteiger partial charge on any atom is -0.371 e. The van der Waals surface area contributed by atoms with Crippen molar-refractivity contribution in [1.82, 2.24) is 9.97 Å². The van der Waals surface area contributed by atoms with Gasteiger partial charge in [-0.15, -0.1) is 11.3 Å². The van der Waals surface area contributed by atoms with Crippen LogP contribution < -0.4 is 5.32 Å². The molecule has 0 aliphatic heterocycles. The fourth-order valence-corrected chi connectivity index (χ4v) is 2.29. The van der Waals surface area contributed by atoms with Gasteiger partial charge in [-0.05, 0) is 30.9 Å². The number of nitrogens with one attached hydrogen (secondary N) is 1. The summed E-state index contributed by atoms with van der Waals surface area (Å²) < 4.78 is 13.5. The lowest BCUT2D eigenvalue weighted by atomic mass is 10.2. The smallest absolute Gasteiger partial charge is 0.186 e. The third-order valence-corrected chi connectivity index (χ3v) is 3.33. The zero-order valence-electron chi connectivity index (χ0n) is 9.34. The Morgan fingerprint density at radius 3 is 2.62 bits per heavy atom. The number of aromatic nitrogens is 2. The molecule has 2 rings (SSSR count). The Morgan fingerprint density at radius 1 is 1.31 bits per heavy atom. The lowest BCUT2D eigenvalue weighted by Crippen LogP contribution is -2.03. The van der Waals surface area contributed by atoms with Crippen LogP contribution >= 0.6 is 11.3 Å². The Hall–Kier alpha value is -1.49. The summed E-state index contributed by atoms with van der Waals surface area (Å²) in [7, 11) is 1.65. The van der Waals surface area contributed by atoms with E-state index in [1.807, 2.05) is 18.4 Å². The van der Waals surface area contributed by atoms with Crippen LogP contribution in [0.4, 0.5) is 10.2 Å². The van der Waals surface area contributed by atoms with E-state index in [2.05, 4.69) is 15.3 Å². The van der Waals surface area contributed by atoms with Crippen molar-refractivity contribution in [3.05, 3.63) is 28.5 Å². The molecule has 0 saturated heterocycles. The molecule has 16 heavy (non-hydrogen) atoms. The van der Waals surface area contributed by atoms with Gasteiger partial charge in [-0.2, -0.15) is 0 Å². The summed E-state index contributed by atoms with van der Waals surface area (Å²) >= 11 is 1.56. The Bertz CT molecular complexity index is 522. The zero-order chi connectivity index (χ0) is 11.7. The van der Waals surface area contributed by atoms with Crippen LogP contribution in [0, 0.1) is 19.7 Å². The maximum atomic E-state index is 13.5. The first-order chi connectivity index (χ1) is 7.63. The van der Waals surface area contributed by atoms with Crippen LogP contribution in [0.3, 0.4) is 0 Å². The van der Waals surface area contributed by atoms with E-state index in [4.69, 9.17) is 0 Å². The van der Waals surface area contributed by atoms with Gasteiger partial charge in [-0.1, -0.05) is 0 Å². The molecule has 0 fully saturated rings. The summed E-state index contributed by atoms with van der Waals surface area (Å²) in [6.45, 7) is 3.64. The van der Waals surface area contributed by atoms with Gasteiger partial charge in [0.15, 0.2) is 17.5 Å². The molecule has 2 heterocycles. The van der Waals surface area contributed by atoms with Gasteiger partial charge in [0.1, 0.15) is 0 Å². The van der Waals surface area contributed by atoms with E-state index in [1.54, 1.807) is 25.3 Å². The highest BCUT2D eigenvalue weighted by Gasteiger charge is 2.13. The molecule has 0 aliphatic carbocycles. The van der Waals surface area contributed by atoms with Crippen molar-refractivity contribution in [3.8, 4) is 10.7 Å². The van der Waals surface area contributed by atoms with Gasteiger partial charge in [-0.25, -0.2) is 14.4 Å². The maximum Gasteiger partial charge on any atom is 0.186 e. The van der Waals surface area contributed by atoms with Crippen molar-refractivity contribution in [2.75, 3.05) is 12.4 Å². The first kappa shape index (κ1) is 11.0. The molecule has 0 atom stereocenters. The summed E-state index contributed by atoms with van der Waals surface area (Å²) in [5.41, 5.74) is 1.47. The third kappa shape index (κ3) is 1.78. The third-order valence-electron chi connectivity index (χ3n) is 2.32. The van der Waals surface area contributed by atoms with Gasteiger partial charge in [0.2, 0.25) is 0 Å². The van der Waals surface area contributed by atoms with Gasteiger partial charge < -0.3 is 5.32 Å². The lowest BCUT2D eigenvalue weighted by Gasteiger charge is -2.06. The van der Waals surface area contributed by atoms with Crippen molar-refractivity contribution in [1.29, 1.82) is 0 Å². The summed E-state index contributed by atoms with van der Waals surface area (Å²) in [6.07, 6.45) is 0. The molecule has 0 bridgehead atoms. The summed E-state index contributed by atoms with van der Waals surface area (Å²) in [6, 6.07) is 2.00.